The van der Waals surface area contributed by atoms with Crippen molar-refractivity contribution in [1.29, 1.82) is 0 Å². The van der Waals surface area contributed by atoms with Gasteiger partial charge in [0.25, 0.3) is 0 Å². The van der Waals surface area contributed by atoms with Crippen molar-refractivity contribution in [3.05, 3.63) is 89.0 Å². The van der Waals surface area contributed by atoms with Crippen LogP contribution >= 0.6 is 7.60 Å². The molecular formula is C26H28NO4P. The number of benzene rings is 3. The lowest BCUT2D eigenvalue weighted by Crippen LogP contribution is -2.33. The highest BCUT2D eigenvalue weighted by molar-refractivity contribution is 7.62. The summed E-state index contributed by atoms with van der Waals surface area (Å²) in [5, 5.41) is 14.9. The summed E-state index contributed by atoms with van der Waals surface area (Å²) >= 11 is 0. The Morgan fingerprint density at radius 3 is 2.28 bits per heavy atom. The Bertz CT molecular complexity index is 1180. The van der Waals surface area contributed by atoms with Crippen LogP contribution in [0.15, 0.2) is 66.7 Å². The van der Waals surface area contributed by atoms with E-state index in [4.69, 9.17) is 9.05 Å². The van der Waals surface area contributed by atoms with Crippen LogP contribution in [0.5, 0.6) is 5.75 Å². The van der Waals surface area contributed by atoms with E-state index in [9.17, 15) is 9.67 Å². The van der Waals surface area contributed by atoms with Crippen LogP contribution in [-0.2, 0) is 20.0 Å². The molecule has 32 heavy (non-hydrogen) atoms. The molecule has 1 heterocycles. The van der Waals surface area contributed by atoms with Gasteiger partial charge in [-0.2, -0.15) is 0 Å². The van der Waals surface area contributed by atoms with Gasteiger partial charge in [-0.15, -0.1) is 0 Å². The fourth-order valence-corrected chi connectivity index (χ4v) is 7.14. The summed E-state index contributed by atoms with van der Waals surface area (Å²) in [4.78, 5) is 0. The van der Waals surface area contributed by atoms with Crippen LogP contribution in [-0.4, -0.2) is 18.3 Å². The van der Waals surface area contributed by atoms with Crippen molar-refractivity contribution in [3.63, 3.8) is 0 Å². The first-order valence-corrected chi connectivity index (χ1v) is 12.8. The Morgan fingerprint density at radius 1 is 0.906 bits per heavy atom. The highest BCUT2D eigenvalue weighted by atomic mass is 31.2. The summed E-state index contributed by atoms with van der Waals surface area (Å²) in [7, 11) is -3.51. The lowest BCUT2D eigenvalue weighted by molar-refractivity contribution is 0.230. The number of phenolic OH excluding ortho intramolecular Hbond substituents is 1. The van der Waals surface area contributed by atoms with E-state index in [1.807, 2.05) is 44.2 Å². The summed E-state index contributed by atoms with van der Waals surface area (Å²) in [6.07, 6.45) is 0.908. The van der Waals surface area contributed by atoms with Gasteiger partial charge in [-0.05, 0) is 55.0 Å². The molecule has 0 spiro atoms. The Kier molecular flexibility index (Phi) is 5.58. The van der Waals surface area contributed by atoms with E-state index in [0.717, 1.165) is 23.2 Å². The highest BCUT2D eigenvalue weighted by Gasteiger charge is 2.46. The van der Waals surface area contributed by atoms with Crippen molar-refractivity contribution in [2.45, 2.75) is 32.2 Å². The van der Waals surface area contributed by atoms with E-state index in [1.165, 1.54) is 11.1 Å². The monoisotopic (exact) mass is 449 g/mol. The molecule has 0 saturated heterocycles. The van der Waals surface area contributed by atoms with E-state index in [2.05, 4.69) is 35.6 Å². The molecule has 2 N–H and O–H groups in total. The summed E-state index contributed by atoms with van der Waals surface area (Å²) in [6, 6.07) is 21.7. The fourth-order valence-electron chi connectivity index (χ4n) is 5.37. The number of fused-ring (bicyclic) bond motifs is 5. The molecule has 0 unspecified atom stereocenters. The van der Waals surface area contributed by atoms with Gasteiger partial charge in [-0.25, -0.2) is 0 Å². The molecule has 5 nitrogen and oxygen atoms in total. The number of rotatable bonds is 6. The van der Waals surface area contributed by atoms with Crippen molar-refractivity contribution in [2.75, 3.05) is 18.5 Å². The summed E-state index contributed by atoms with van der Waals surface area (Å²) in [5.41, 5.74) is 5.35. The van der Waals surface area contributed by atoms with Gasteiger partial charge in [0, 0.05) is 11.5 Å². The maximum absolute atomic E-state index is 13.8. The molecule has 2 aliphatic rings. The Labute approximate surface area is 188 Å². The van der Waals surface area contributed by atoms with Gasteiger partial charge in [0.2, 0.25) is 0 Å². The first kappa shape index (κ1) is 21.3. The van der Waals surface area contributed by atoms with Crippen molar-refractivity contribution in [3.8, 4) is 5.75 Å². The van der Waals surface area contributed by atoms with E-state index >= 15 is 0 Å². The SMILES string of the molecule is CCOP(=O)(OCC)c1cccc2c1N[C@H](c1ccccc1O)[C@@H]1Cc3ccccc3[C@H]21. The van der Waals surface area contributed by atoms with Crippen LogP contribution in [0.1, 0.15) is 48.1 Å². The minimum Gasteiger partial charge on any atom is -0.508 e. The molecular weight excluding hydrogens is 421 g/mol. The molecule has 166 valence electrons. The number of anilines is 1. The molecule has 0 aromatic heterocycles. The summed E-state index contributed by atoms with van der Waals surface area (Å²) in [5.74, 6) is 0.615. The van der Waals surface area contributed by atoms with E-state index < -0.39 is 7.60 Å². The third-order valence-electron chi connectivity index (χ3n) is 6.58. The molecule has 1 aliphatic heterocycles. The molecule has 0 radical (unpaired) electrons. The Hall–Kier alpha value is -2.59. The van der Waals surface area contributed by atoms with Gasteiger partial charge in [-0.3, -0.25) is 4.57 Å². The zero-order valence-corrected chi connectivity index (χ0v) is 19.2. The molecule has 1 aliphatic carbocycles. The van der Waals surface area contributed by atoms with E-state index in [0.29, 0.717) is 18.5 Å². The first-order valence-electron chi connectivity index (χ1n) is 11.2. The number of para-hydroxylation sites is 2. The average Bonchev–Trinajstić information content (AvgIpc) is 3.19. The standard InChI is InChI=1S/C26H28NO4P/c1-3-30-32(29,31-4-2)23-15-9-13-20-24-18-11-6-5-10-17(18)16-21(24)25(27-26(20)23)19-12-7-8-14-22(19)28/h5-15,21,24-25,27-28H,3-4,16H2,1-2H3/t21-,24-,25-/m1/s1. The Balaban J connectivity index is 1.73. The molecule has 0 bridgehead atoms. The van der Waals surface area contributed by atoms with Crippen LogP contribution in [0.3, 0.4) is 0 Å². The molecule has 6 heteroatoms. The molecule has 3 atom stereocenters. The maximum Gasteiger partial charge on any atom is 0.363 e. The van der Waals surface area contributed by atoms with Gasteiger partial charge < -0.3 is 19.5 Å². The van der Waals surface area contributed by atoms with Gasteiger partial charge in [-0.1, -0.05) is 54.6 Å². The largest absolute Gasteiger partial charge is 0.508 e. The normalized spacial score (nSPS) is 21.4. The number of hydrogen-bond donors (Lipinski definition) is 2. The predicted molar refractivity (Wildman–Crippen MR) is 127 cm³/mol. The second-order valence-electron chi connectivity index (χ2n) is 8.30. The number of phenols is 1. The van der Waals surface area contributed by atoms with Gasteiger partial charge >= 0.3 is 7.60 Å². The number of aromatic hydroxyl groups is 1. The van der Waals surface area contributed by atoms with Crippen LogP contribution in [0.25, 0.3) is 0 Å². The zero-order valence-electron chi connectivity index (χ0n) is 18.3. The molecule has 0 saturated carbocycles. The lowest BCUT2D eigenvalue weighted by atomic mass is 9.75. The van der Waals surface area contributed by atoms with Crippen LogP contribution in [0, 0.1) is 5.92 Å². The zero-order chi connectivity index (χ0) is 22.3. The molecule has 3 aromatic carbocycles. The number of hydrogen-bond acceptors (Lipinski definition) is 5. The predicted octanol–water partition coefficient (Wildman–Crippen LogP) is 5.75. The highest BCUT2D eigenvalue weighted by Crippen LogP contribution is 2.57. The van der Waals surface area contributed by atoms with Crippen molar-refractivity contribution in [1.82, 2.24) is 0 Å². The average molecular weight is 449 g/mol. The topological polar surface area (TPSA) is 67.8 Å². The second-order valence-corrected chi connectivity index (χ2v) is 10.3. The smallest absolute Gasteiger partial charge is 0.363 e. The van der Waals surface area contributed by atoms with Gasteiger partial charge in [0.15, 0.2) is 0 Å². The molecule has 0 amide bonds. The lowest BCUT2D eigenvalue weighted by Gasteiger charge is -2.39. The molecule has 5 rings (SSSR count). The van der Waals surface area contributed by atoms with Crippen molar-refractivity contribution >= 4 is 18.6 Å². The minimum absolute atomic E-state index is 0.128. The second kappa shape index (κ2) is 8.40. The quantitative estimate of drug-likeness (QED) is 0.469. The third-order valence-corrected chi connectivity index (χ3v) is 8.74. The van der Waals surface area contributed by atoms with Crippen LogP contribution < -0.4 is 10.6 Å². The van der Waals surface area contributed by atoms with Crippen LogP contribution in [0.4, 0.5) is 5.69 Å². The minimum atomic E-state index is -3.51. The molecule has 0 fully saturated rings. The van der Waals surface area contributed by atoms with E-state index in [-0.39, 0.29) is 23.6 Å². The summed E-state index contributed by atoms with van der Waals surface area (Å²) < 4.78 is 25.2. The number of nitrogens with one attached hydrogen (secondary N) is 1. The van der Waals surface area contributed by atoms with Crippen molar-refractivity contribution < 1.29 is 18.7 Å². The van der Waals surface area contributed by atoms with Crippen molar-refractivity contribution in [2.24, 2.45) is 5.92 Å². The Morgan fingerprint density at radius 2 is 1.56 bits per heavy atom. The molecule has 3 aromatic rings. The third kappa shape index (κ3) is 3.36. The maximum atomic E-state index is 13.8. The fraction of sp³-hybridized carbons (Fsp3) is 0.308. The van der Waals surface area contributed by atoms with Gasteiger partial charge in [0.1, 0.15) is 5.75 Å². The summed E-state index contributed by atoms with van der Waals surface area (Å²) in [6.45, 7) is 4.22. The van der Waals surface area contributed by atoms with Gasteiger partial charge in [0.05, 0.1) is 30.2 Å². The first-order chi connectivity index (χ1) is 15.6. The van der Waals surface area contributed by atoms with E-state index in [1.54, 1.807) is 6.07 Å². The van der Waals surface area contributed by atoms with Crippen LogP contribution in [0.2, 0.25) is 0 Å².